The minimum Gasteiger partial charge on any atom is -0.489 e. The molecule has 0 amide bonds. The summed E-state index contributed by atoms with van der Waals surface area (Å²) in [6, 6.07) is 8.83. The van der Waals surface area contributed by atoms with Gasteiger partial charge in [-0.1, -0.05) is 38.0 Å². The van der Waals surface area contributed by atoms with Crippen LogP contribution in [0.15, 0.2) is 24.3 Å². The molecule has 0 radical (unpaired) electrons. The van der Waals surface area contributed by atoms with Gasteiger partial charge in [-0.25, -0.2) is 0 Å². The lowest BCUT2D eigenvalue weighted by Gasteiger charge is -2.36. The van der Waals surface area contributed by atoms with Gasteiger partial charge in [-0.2, -0.15) is 0 Å². The van der Waals surface area contributed by atoms with E-state index in [0.29, 0.717) is 12.1 Å². The fourth-order valence-electron chi connectivity index (χ4n) is 3.19. The predicted molar refractivity (Wildman–Crippen MR) is 80.7 cm³/mol. The van der Waals surface area contributed by atoms with Gasteiger partial charge >= 0.3 is 0 Å². The van der Waals surface area contributed by atoms with Crippen LogP contribution < -0.4 is 10.1 Å². The molecule has 1 aliphatic rings. The lowest BCUT2D eigenvalue weighted by Crippen LogP contribution is -2.45. The fraction of sp³-hybridized carbons (Fsp3) is 0.647. The molecule has 0 bridgehead atoms. The molecule has 1 saturated carbocycles. The number of para-hydroxylation sites is 1. The Morgan fingerprint density at radius 3 is 2.74 bits per heavy atom. The Morgan fingerprint density at radius 1 is 1.26 bits per heavy atom. The Bertz CT molecular complexity index is 391. The van der Waals surface area contributed by atoms with Gasteiger partial charge in [0.05, 0.1) is 0 Å². The predicted octanol–water partition coefficient (Wildman–Crippen LogP) is 3.93. The second kappa shape index (κ2) is 6.95. The first-order valence-corrected chi connectivity index (χ1v) is 7.64. The molecule has 2 heteroatoms. The van der Waals surface area contributed by atoms with E-state index < -0.39 is 0 Å². The van der Waals surface area contributed by atoms with Crippen molar-refractivity contribution in [3.63, 3.8) is 0 Å². The van der Waals surface area contributed by atoms with Crippen LogP contribution in [0.4, 0.5) is 0 Å². The fourth-order valence-corrected chi connectivity index (χ4v) is 3.19. The first-order chi connectivity index (χ1) is 9.24. The summed E-state index contributed by atoms with van der Waals surface area (Å²) in [5.41, 5.74) is 1.23. The van der Waals surface area contributed by atoms with Crippen LogP contribution in [-0.4, -0.2) is 19.2 Å². The maximum Gasteiger partial charge on any atom is 0.122 e. The Morgan fingerprint density at radius 2 is 2.05 bits per heavy atom. The highest BCUT2D eigenvalue weighted by Crippen LogP contribution is 2.31. The Balaban J connectivity index is 2.04. The molecule has 3 unspecified atom stereocenters. The zero-order chi connectivity index (χ0) is 13.7. The van der Waals surface area contributed by atoms with Crippen LogP contribution in [0, 0.1) is 12.8 Å². The van der Waals surface area contributed by atoms with Crippen molar-refractivity contribution in [1.82, 2.24) is 5.32 Å². The Kier molecular flexibility index (Phi) is 5.26. The number of rotatable bonds is 5. The zero-order valence-corrected chi connectivity index (χ0v) is 12.5. The van der Waals surface area contributed by atoms with Crippen LogP contribution in [0.3, 0.4) is 0 Å². The maximum absolute atomic E-state index is 6.30. The lowest BCUT2D eigenvalue weighted by atomic mass is 9.81. The standard InChI is InChI=1S/C17H27NO/c1-4-7-14-10-11-15(18-3)17(12-14)19-16-9-6-5-8-13(16)2/h5-6,8-9,14-15,17-18H,4,7,10-12H2,1-3H3. The van der Waals surface area contributed by atoms with Crippen molar-refractivity contribution in [2.45, 2.75) is 58.1 Å². The normalized spacial score (nSPS) is 27.2. The molecule has 1 N–H and O–H groups in total. The summed E-state index contributed by atoms with van der Waals surface area (Å²) in [7, 11) is 2.05. The average Bonchev–Trinajstić information content (AvgIpc) is 2.42. The molecule has 106 valence electrons. The van der Waals surface area contributed by atoms with Crippen LogP contribution in [0.1, 0.15) is 44.6 Å². The van der Waals surface area contributed by atoms with E-state index >= 15 is 0 Å². The summed E-state index contributed by atoms with van der Waals surface area (Å²) in [5.74, 6) is 1.88. The van der Waals surface area contributed by atoms with Gasteiger partial charge in [0.1, 0.15) is 11.9 Å². The van der Waals surface area contributed by atoms with Gasteiger partial charge in [0.2, 0.25) is 0 Å². The number of hydrogen-bond donors (Lipinski definition) is 1. The first kappa shape index (κ1) is 14.4. The molecule has 1 aromatic rings. The van der Waals surface area contributed by atoms with E-state index in [0.717, 1.165) is 11.7 Å². The minimum absolute atomic E-state index is 0.316. The van der Waals surface area contributed by atoms with Crippen LogP contribution >= 0.6 is 0 Å². The molecule has 0 heterocycles. The van der Waals surface area contributed by atoms with Gasteiger partial charge in [0.25, 0.3) is 0 Å². The molecule has 1 aliphatic carbocycles. The number of nitrogens with one attached hydrogen (secondary N) is 1. The summed E-state index contributed by atoms with van der Waals surface area (Å²) in [6.07, 6.45) is 6.70. The van der Waals surface area contributed by atoms with Crippen LogP contribution in [0.25, 0.3) is 0 Å². The topological polar surface area (TPSA) is 21.3 Å². The molecule has 0 saturated heterocycles. The number of benzene rings is 1. The molecule has 0 spiro atoms. The smallest absolute Gasteiger partial charge is 0.122 e. The summed E-state index contributed by atoms with van der Waals surface area (Å²) in [6.45, 7) is 4.40. The Hall–Kier alpha value is -1.02. The summed E-state index contributed by atoms with van der Waals surface area (Å²) >= 11 is 0. The van der Waals surface area contributed by atoms with E-state index in [2.05, 4.69) is 50.5 Å². The van der Waals surface area contributed by atoms with Crippen LogP contribution in [0.2, 0.25) is 0 Å². The summed E-state index contributed by atoms with van der Waals surface area (Å²) in [5, 5.41) is 3.43. The van der Waals surface area contributed by atoms with E-state index in [1.54, 1.807) is 0 Å². The van der Waals surface area contributed by atoms with Crippen LogP contribution in [-0.2, 0) is 0 Å². The molecule has 0 aromatic heterocycles. The SMILES string of the molecule is CCCC1CCC(NC)C(Oc2ccccc2C)C1. The van der Waals surface area contributed by atoms with E-state index in [-0.39, 0.29) is 0 Å². The average molecular weight is 261 g/mol. The van der Waals surface area contributed by atoms with Crippen molar-refractivity contribution >= 4 is 0 Å². The molecule has 1 fully saturated rings. The second-order valence-corrected chi connectivity index (χ2v) is 5.78. The van der Waals surface area contributed by atoms with Gasteiger partial charge in [-0.15, -0.1) is 0 Å². The highest BCUT2D eigenvalue weighted by atomic mass is 16.5. The van der Waals surface area contributed by atoms with Crippen molar-refractivity contribution in [1.29, 1.82) is 0 Å². The third kappa shape index (κ3) is 3.73. The van der Waals surface area contributed by atoms with Crippen molar-refractivity contribution in [3.8, 4) is 5.75 Å². The van der Waals surface area contributed by atoms with Gasteiger partial charge in [0.15, 0.2) is 0 Å². The van der Waals surface area contributed by atoms with Gasteiger partial charge in [0, 0.05) is 6.04 Å². The van der Waals surface area contributed by atoms with E-state index in [1.165, 1.54) is 37.7 Å². The third-order valence-electron chi connectivity index (χ3n) is 4.34. The van der Waals surface area contributed by atoms with E-state index in [1.807, 2.05) is 0 Å². The van der Waals surface area contributed by atoms with E-state index in [9.17, 15) is 0 Å². The molecule has 0 aliphatic heterocycles. The second-order valence-electron chi connectivity index (χ2n) is 5.78. The zero-order valence-electron chi connectivity index (χ0n) is 12.5. The molecule has 2 nitrogen and oxygen atoms in total. The van der Waals surface area contributed by atoms with Crippen LogP contribution in [0.5, 0.6) is 5.75 Å². The highest BCUT2D eigenvalue weighted by molar-refractivity contribution is 5.32. The van der Waals surface area contributed by atoms with Gasteiger partial charge < -0.3 is 10.1 Å². The molecule has 3 atom stereocenters. The van der Waals surface area contributed by atoms with E-state index in [4.69, 9.17) is 4.74 Å². The van der Waals surface area contributed by atoms with Crippen molar-refractivity contribution in [2.24, 2.45) is 5.92 Å². The van der Waals surface area contributed by atoms with Gasteiger partial charge in [-0.05, 0) is 50.8 Å². The quantitative estimate of drug-likeness (QED) is 0.867. The molecule has 1 aromatic carbocycles. The molecule has 19 heavy (non-hydrogen) atoms. The summed E-state index contributed by atoms with van der Waals surface area (Å²) < 4.78 is 6.30. The number of hydrogen-bond acceptors (Lipinski definition) is 2. The Labute approximate surface area is 117 Å². The highest BCUT2D eigenvalue weighted by Gasteiger charge is 2.30. The first-order valence-electron chi connectivity index (χ1n) is 7.64. The van der Waals surface area contributed by atoms with Gasteiger partial charge in [-0.3, -0.25) is 0 Å². The van der Waals surface area contributed by atoms with Crippen molar-refractivity contribution < 1.29 is 4.74 Å². The number of ether oxygens (including phenoxy) is 1. The third-order valence-corrected chi connectivity index (χ3v) is 4.34. The lowest BCUT2D eigenvalue weighted by molar-refractivity contribution is 0.0860. The monoisotopic (exact) mass is 261 g/mol. The van der Waals surface area contributed by atoms with Crippen molar-refractivity contribution in [2.75, 3.05) is 7.05 Å². The maximum atomic E-state index is 6.30. The number of aryl methyl sites for hydroxylation is 1. The largest absolute Gasteiger partial charge is 0.489 e. The van der Waals surface area contributed by atoms with Crippen molar-refractivity contribution in [3.05, 3.63) is 29.8 Å². The molecular weight excluding hydrogens is 234 g/mol. The molecular formula is C17H27NO. The minimum atomic E-state index is 0.316. The number of likely N-dealkylation sites (N-methyl/N-ethyl adjacent to an activating group) is 1. The molecule has 2 rings (SSSR count). The summed E-state index contributed by atoms with van der Waals surface area (Å²) in [4.78, 5) is 0.